The summed E-state index contributed by atoms with van der Waals surface area (Å²) in [4.78, 5) is 4.49. The van der Waals surface area contributed by atoms with Crippen LogP contribution in [0.4, 0.5) is 0 Å². The van der Waals surface area contributed by atoms with Gasteiger partial charge in [-0.2, -0.15) is 8.42 Å². The number of imidazole rings is 1. The second kappa shape index (κ2) is 5.86. The van der Waals surface area contributed by atoms with Crippen molar-refractivity contribution in [3.63, 3.8) is 0 Å². The first-order valence-corrected chi connectivity index (χ1v) is 9.79. The average molecular weight is 358 g/mol. The van der Waals surface area contributed by atoms with Crippen LogP contribution in [-0.4, -0.2) is 30.2 Å². The summed E-state index contributed by atoms with van der Waals surface area (Å²) in [6, 6.07) is 11.5. The van der Waals surface area contributed by atoms with Gasteiger partial charge in [-0.05, 0) is 30.2 Å². The normalized spacial score (nSPS) is 19.9. The Bertz CT molecular complexity index is 1040. The zero-order valence-electron chi connectivity index (χ0n) is 13.9. The van der Waals surface area contributed by atoms with E-state index >= 15 is 0 Å². The predicted molar refractivity (Wildman–Crippen MR) is 93.2 cm³/mol. The lowest BCUT2D eigenvalue weighted by molar-refractivity contribution is 0.0733. The lowest BCUT2D eigenvalue weighted by Crippen LogP contribution is -2.26. The number of aryl methyl sites for hydroxylation is 1. The molecule has 1 aliphatic rings. The molecule has 0 saturated carbocycles. The molecule has 25 heavy (non-hydrogen) atoms. The van der Waals surface area contributed by atoms with Crippen LogP contribution in [-0.2, 0) is 20.7 Å². The van der Waals surface area contributed by atoms with Crippen LogP contribution in [0.5, 0.6) is 5.75 Å². The Kier molecular flexibility index (Phi) is 3.77. The Balaban J connectivity index is 1.74. The van der Waals surface area contributed by atoms with Gasteiger partial charge in [-0.3, -0.25) is 4.18 Å². The van der Waals surface area contributed by atoms with Gasteiger partial charge in [-0.1, -0.05) is 24.3 Å². The molecule has 4 rings (SSSR count). The van der Waals surface area contributed by atoms with E-state index in [1.807, 2.05) is 60.1 Å². The first kappa shape index (κ1) is 16.1. The van der Waals surface area contributed by atoms with Gasteiger partial charge in [0.2, 0.25) is 0 Å². The second-order valence-corrected chi connectivity index (χ2v) is 7.87. The van der Waals surface area contributed by atoms with Crippen molar-refractivity contribution in [1.82, 2.24) is 9.38 Å². The third-order valence-corrected chi connectivity index (χ3v) is 4.84. The predicted octanol–water partition coefficient (Wildman–Crippen LogP) is 2.66. The van der Waals surface area contributed by atoms with Crippen LogP contribution < -0.4 is 4.74 Å². The van der Waals surface area contributed by atoms with Crippen LogP contribution in [0.15, 0.2) is 48.8 Å². The summed E-state index contributed by atoms with van der Waals surface area (Å²) in [5.41, 5.74) is 3.56. The van der Waals surface area contributed by atoms with Crippen LogP contribution in [0.25, 0.3) is 5.65 Å². The fourth-order valence-corrected chi connectivity index (χ4v) is 3.93. The number of ether oxygens (including phenoxy) is 1. The maximum atomic E-state index is 11.7. The van der Waals surface area contributed by atoms with Gasteiger partial charge < -0.3 is 9.14 Å². The van der Waals surface area contributed by atoms with Crippen molar-refractivity contribution in [1.29, 1.82) is 0 Å². The van der Waals surface area contributed by atoms with Crippen molar-refractivity contribution in [2.45, 2.75) is 25.6 Å². The third kappa shape index (κ3) is 3.12. The van der Waals surface area contributed by atoms with Crippen molar-refractivity contribution in [2.75, 3.05) is 6.26 Å². The van der Waals surface area contributed by atoms with E-state index in [1.165, 1.54) is 0 Å². The SMILES string of the molecule is Cc1cn2cccc(O[C@@H]3c4ccccc4C[C@H]3OS(C)(=O)=O)c2n1. The molecular weight excluding hydrogens is 340 g/mol. The monoisotopic (exact) mass is 358 g/mol. The molecule has 1 aliphatic carbocycles. The Morgan fingerprint density at radius 2 is 2.00 bits per heavy atom. The van der Waals surface area contributed by atoms with E-state index in [1.54, 1.807) is 0 Å². The van der Waals surface area contributed by atoms with Gasteiger partial charge in [0.15, 0.2) is 17.5 Å². The second-order valence-electron chi connectivity index (χ2n) is 6.27. The van der Waals surface area contributed by atoms with Crippen molar-refractivity contribution in [3.05, 3.63) is 65.6 Å². The van der Waals surface area contributed by atoms with Crippen LogP contribution in [0.3, 0.4) is 0 Å². The molecule has 0 aliphatic heterocycles. The Hall–Kier alpha value is -2.38. The van der Waals surface area contributed by atoms with Gasteiger partial charge in [0.25, 0.3) is 10.1 Å². The number of benzene rings is 1. The highest BCUT2D eigenvalue weighted by atomic mass is 32.2. The molecular formula is C18H18N2O4S. The molecule has 7 heteroatoms. The van der Waals surface area contributed by atoms with Gasteiger partial charge in [0.05, 0.1) is 11.9 Å². The largest absolute Gasteiger partial charge is 0.479 e. The zero-order valence-corrected chi connectivity index (χ0v) is 14.7. The Morgan fingerprint density at radius 3 is 2.80 bits per heavy atom. The lowest BCUT2D eigenvalue weighted by atomic mass is 10.1. The summed E-state index contributed by atoms with van der Waals surface area (Å²) in [5, 5.41) is 0. The van der Waals surface area contributed by atoms with Gasteiger partial charge >= 0.3 is 0 Å². The molecule has 0 radical (unpaired) electrons. The summed E-state index contributed by atoms with van der Waals surface area (Å²) >= 11 is 0. The molecule has 3 aromatic rings. The van der Waals surface area contributed by atoms with E-state index in [0.29, 0.717) is 17.8 Å². The molecule has 0 fully saturated rings. The number of fused-ring (bicyclic) bond motifs is 2. The summed E-state index contributed by atoms with van der Waals surface area (Å²) in [5.74, 6) is 0.597. The van der Waals surface area contributed by atoms with Crippen LogP contribution in [0.1, 0.15) is 22.9 Å². The van der Waals surface area contributed by atoms with E-state index in [4.69, 9.17) is 8.92 Å². The number of hydrogen-bond acceptors (Lipinski definition) is 5. The summed E-state index contributed by atoms with van der Waals surface area (Å²) < 4.78 is 36.7. The van der Waals surface area contributed by atoms with Gasteiger partial charge in [0.1, 0.15) is 6.10 Å². The molecule has 0 unspecified atom stereocenters. The van der Waals surface area contributed by atoms with Crippen molar-refractivity contribution in [2.24, 2.45) is 0 Å². The minimum absolute atomic E-state index is 0.491. The van der Waals surface area contributed by atoms with Crippen LogP contribution in [0, 0.1) is 6.92 Å². The molecule has 2 aromatic heterocycles. The molecule has 2 atom stereocenters. The van der Waals surface area contributed by atoms with Crippen LogP contribution in [0.2, 0.25) is 0 Å². The maximum absolute atomic E-state index is 11.7. The van der Waals surface area contributed by atoms with Crippen LogP contribution >= 0.6 is 0 Å². The summed E-state index contributed by atoms with van der Waals surface area (Å²) in [6.07, 6.45) is 4.26. The molecule has 0 spiro atoms. The molecule has 2 heterocycles. The minimum atomic E-state index is -3.59. The van der Waals surface area contributed by atoms with Gasteiger partial charge in [-0.15, -0.1) is 0 Å². The molecule has 130 valence electrons. The fraction of sp³-hybridized carbons (Fsp3) is 0.278. The first-order chi connectivity index (χ1) is 11.9. The molecule has 6 nitrogen and oxygen atoms in total. The summed E-state index contributed by atoms with van der Waals surface area (Å²) in [6.45, 7) is 1.91. The van der Waals surface area contributed by atoms with Crippen molar-refractivity contribution < 1.29 is 17.3 Å². The van der Waals surface area contributed by atoms with E-state index in [2.05, 4.69) is 4.98 Å². The van der Waals surface area contributed by atoms with E-state index in [9.17, 15) is 8.42 Å². The number of pyridine rings is 1. The molecule has 0 amide bonds. The third-order valence-electron chi connectivity index (χ3n) is 4.24. The topological polar surface area (TPSA) is 69.9 Å². The van der Waals surface area contributed by atoms with E-state index in [-0.39, 0.29) is 0 Å². The Labute approximate surface area is 146 Å². The highest BCUT2D eigenvalue weighted by Gasteiger charge is 2.37. The number of rotatable bonds is 4. The standard InChI is InChI=1S/C18H18N2O4S/c1-12-11-20-9-5-8-15(18(20)19-12)23-17-14-7-4-3-6-13(14)10-16(17)24-25(2,21)22/h3-9,11,16-17H,10H2,1-2H3/t16-,17-/m1/s1. The average Bonchev–Trinajstić information content (AvgIpc) is 3.07. The van der Waals surface area contributed by atoms with E-state index < -0.39 is 22.3 Å². The smallest absolute Gasteiger partial charge is 0.264 e. The Morgan fingerprint density at radius 1 is 1.20 bits per heavy atom. The highest BCUT2D eigenvalue weighted by molar-refractivity contribution is 7.86. The number of hydrogen-bond donors (Lipinski definition) is 0. The maximum Gasteiger partial charge on any atom is 0.264 e. The molecule has 0 bridgehead atoms. The zero-order chi connectivity index (χ0) is 17.6. The molecule has 0 saturated heterocycles. The van der Waals surface area contributed by atoms with Gasteiger partial charge in [0, 0.05) is 18.8 Å². The molecule has 0 N–H and O–H groups in total. The fourth-order valence-electron chi connectivity index (χ4n) is 3.31. The summed E-state index contributed by atoms with van der Waals surface area (Å²) in [7, 11) is -3.59. The first-order valence-electron chi connectivity index (χ1n) is 7.98. The minimum Gasteiger partial charge on any atom is -0.479 e. The van der Waals surface area contributed by atoms with E-state index in [0.717, 1.165) is 23.1 Å². The number of nitrogens with zero attached hydrogens (tertiary/aromatic N) is 2. The highest BCUT2D eigenvalue weighted by Crippen LogP contribution is 2.38. The number of aromatic nitrogens is 2. The lowest BCUT2D eigenvalue weighted by Gasteiger charge is -2.21. The quantitative estimate of drug-likeness (QED) is 0.671. The molecule has 1 aromatic carbocycles. The van der Waals surface area contributed by atoms with Crippen molar-refractivity contribution in [3.8, 4) is 5.75 Å². The van der Waals surface area contributed by atoms with Crippen molar-refractivity contribution >= 4 is 15.8 Å². The van der Waals surface area contributed by atoms with Gasteiger partial charge in [-0.25, -0.2) is 4.98 Å².